The van der Waals surface area contributed by atoms with Crippen LogP contribution in [0.1, 0.15) is 40.0 Å². The van der Waals surface area contributed by atoms with Gasteiger partial charge in [0.25, 0.3) is 0 Å². The van der Waals surface area contributed by atoms with Crippen LogP contribution in [0.15, 0.2) is 24.3 Å². The van der Waals surface area contributed by atoms with E-state index < -0.39 is 18.0 Å². The summed E-state index contributed by atoms with van der Waals surface area (Å²) in [6.45, 7) is 8.43. The SMILES string of the molecule is COC(=O)C(CC(C)C)NC(=O)Nc1ccc(N2CCC(C)CC2)cc1. The average Bonchev–Trinajstić information content (AvgIpc) is 2.61. The molecule has 0 radical (unpaired) electrons. The summed E-state index contributed by atoms with van der Waals surface area (Å²) in [6, 6.07) is 6.79. The maximum absolute atomic E-state index is 12.2. The summed E-state index contributed by atoms with van der Waals surface area (Å²) in [6.07, 6.45) is 2.97. The summed E-state index contributed by atoms with van der Waals surface area (Å²) in [5.74, 6) is 0.638. The molecule has 1 heterocycles. The van der Waals surface area contributed by atoms with Crippen LogP contribution < -0.4 is 15.5 Å². The van der Waals surface area contributed by atoms with Crippen LogP contribution in [0.2, 0.25) is 0 Å². The van der Waals surface area contributed by atoms with Crippen LogP contribution in [0.3, 0.4) is 0 Å². The van der Waals surface area contributed by atoms with Crippen molar-refractivity contribution in [1.29, 1.82) is 0 Å². The van der Waals surface area contributed by atoms with Gasteiger partial charge in [0.2, 0.25) is 0 Å². The van der Waals surface area contributed by atoms with Gasteiger partial charge in [0.1, 0.15) is 6.04 Å². The van der Waals surface area contributed by atoms with Crippen molar-refractivity contribution < 1.29 is 14.3 Å². The minimum absolute atomic E-state index is 0.269. The van der Waals surface area contributed by atoms with Gasteiger partial charge < -0.3 is 20.3 Å². The number of nitrogens with zero attached hydrogens (tertiary/aromatic N) is 1. The van der Waals surface area contributed by atoms with Gasteiger partial charge in [-0.3, -0.25) is 0 Å². The number of carbonyl (C=O) groups excluding carboxylic acids is 2. The third-order valence-electron chi connectivity index (χ3n) is 4.77. The molecule has 2 N–H and O–H groups in total. The Bertz CT molecular complexity index is 593. The van der Waals surface area contributed by atoms with Gasteiger partial charge in [0.05, 0.1) is 7.11 Å². The maximum Gasteiger partial charge on any atom is 0.328 e. The first-order chi connectivity index (χ1) is 12.4. The van der Waals surface area contributed by atoms with Crippen LogP contribution >= 0.6 is 0 Å². The van der Waals surface area contributed by atoms with E-state index in [1.54, 1.807) is 0 Å². The highest BCUT2D eigenvalue weighted by molar-refractivity contribution is 5.92. The molecule has 1 aromatic rings. The van der Waals surface area contributed by atoms with E-state index in [0.717, 1.165) is 19.0 Å². The van der Waals surface area contributed by atoms with E-state index in [0.29, 0.717) is 12.1 Å². The second kappa shape index (κ2) is 9.46. The molecule has 6 nitrogen and oxygen atoms in total. The van der Waals surface area contributed by atoms with E-state index in [-0.39, 0.29) is 5.92 Å². The van der Waals surface area contributed by atoms with Gasteiger partial charge in [-0.25, -0.2) is 9.59 Å². The summed E-state index contributed by atoms with van der Waals surface area (Å²) in [4.78, 5) is 26.4. The Kier molecular flexibility index (Phi) is 7.30. The Hall–Kier alpha value is -2.24. The second-order valence-corrected chi connectivity index (χ2v) is 7.52. The number of methoxy groups -OCH3 is 1. The molecule has 1 aliphatic heterocycles. The van der Waals surface area contributed by atoms with Crippen molar-refractivity contribution in [2.45, 2.75) is 46.1 Å². The van der Waals surface area contributed by atoms with Gasteiger partial charge in [-0.05, 0) is 55.4 Å². The number of rotatable bonds is 6. The summed E-state index contributed by atoms with van der Waals surface area (Å²) in [5.41, 5.74) is 1.87. The Morgan fingerprint density at radius 2 is 1.81 bits per heavy atom. The van der Waals surface area contributed by atoms with Crippen LogP contribution in [0, 0.1) is 11.8 Å². The standard InChI is InChI=1S/C20H31N3O3/c1-14(2)13-18(19(24)26-4)22-20(25)21-16-5-7-17(8-6-16)23-11-9-15(3)10-12-23/h5-8,14-15,18H,9-13H2,1-4H3,(H2,21,22,25). The highest BCUT2D eigenvalue weighted by Crippen LogP contribution is 2.24. The number of nitrogens with one attached hydrogen (secondary N) is 2. The fraction of sp³-hybridized carbons (Fsp3) is 0.600. The number of carbonyl (C=O) groups is 2. The largest absolute Gasteiger partial charge is 0.467 e. The second-order valence-electron chi connectivity index (χ2n) is 7.52. The molecule has 1 aliphatic rings. The lowest BCUT2D eigenvalue weighted by atomic mass is 9.99. The van der Waals surface area contributed by atoms with Gasteiger partial charge in [-0.2, -0.15) is 0 Å². The zero-order valence-corrected chi connectivity index (χ0v) is 16.2. The maximum atomic E-state index is 12.2. The average molecular weight is 361 g/mol. The number of ether oxygens (including phenoxy) is 1. The lowest BCUT2D eigenvalue weighted by molar-refractivity contribution is -0.143. The molecule has 0 aliphatic carbocycles. The molecule has 1 saturated heterocycles. The Balaban J connectivity index is 1.90. The first-order valence-electron chi connectivity index (χ1n) is 9.39. The Morgan fingerprint density at radius 3 is 2.35 bits per heavy atom. The molecular formula is C20H31N3O3. The van der Waals surface area contributed by atoms with Crippen LogP contribution in [0.4, 0.5) is 16.2 Å². The Morgan fingerprint density at radius 1 is 1.19 bits per heavy atom. The quantitative estimate of drug-likeness (QED) is 0.759. The van der Waals surface area contributed by atoms with Crippen LogP contribution in [0.5, 0.6) is 0 Å². The van der Waals surface area contributed by atoms with E-state index in [2.05, 4.69) is 22.5 Å². The summed E-state index contributed by atoms with van der Waals surface area (Å²) >= 11 is 0. The van der Waals surface area contributed by atoms with Crippen molar-refractivity contribution in [2.75, 3.05) is 30.4 Å². The molecule has 2 rings (SSSR count). The van der Waals surface area contributed by atoms with E-state index in [1.807, 2.05) is 38.1 Å². The molecule has 1 atom stereocenters. The van der Waals surface area contributed by atoms with Gasteiger partial charge in [0.15, 0.2) is 0 Å². The smallest absolute Gasteiger partial charge is 0.328 e. The number of amides is 2. The van der Waals surface area contributed by atoms with E-state index in [9.17, 15) is 9.59 Å². The minimum Gasteiger partial charge on any atom is -0.467 e. The number of benzene rings is 1. The molecule has 1 aromatic carbocycles. The van der Waals surface area contributed by atoms with Crippen molar-refractivity contribution >= 4 is 23.4 Å². The van der Waals surface area contributed by atoms with Crippen LogP contribution in [-0.4, -0.2) is 38.2 Å². The van der Waals surface area contributed by atoms with Crippen molar-refractivity contribution in [3.8, 4) is 0 Å². The predicted octanol–water partition coefficient (Wildman–Crippen LogP) is 3.63. The molecule has 0 bridgehead atoms. The third-order valence-corrected chi connectivity index (χ3v) is 4.77. The molecule has 0 saturated carbocycles. The first kappa shape index (κ1) is 20.1. The van der Waals surface area contributed by atoms with Crippen molar-refractivity contribution in [2.24, 2.45) is 11.8 Å². The summed E-state index contributed by atoms with van der Waals surface area (Å²) in [7, 11) is 1.33. The molecule has 1 unspecified atom stereocenters. The molecule has 144 valence electrons. The number of piperidine rings is 1. The number of esters is 1. The molecule has 0 aromatic heterocycles. The van der Waals surface area contributed by atoms with Crippen molar-refractivity contribution in [3.63, 3.8) is 0 Å². The number of hydrogen-bond acceptors (Lipinski definition) is 4. The van der Waals surface area contributed by atoms with Crippen LogP contribution in [0.25, 0.3) is 0 Å². The number of hydrogen-bond donors (Lipinski definition) is 2. The zero-order chi connectivity index (χ0) is 19.1. The molecule has 6 heteroatoms. The van der Waals surface area contributed by atoms with Crippen LogP contribution in [-0.2, 0) is 9.53 Å². The topological polar surface area (TPSA) is 70.7 Å². The van der Waals surface area contributed by atoms with E-state index in [4.69, 9.17) is 4.74 Å². The van der Waals surface area contributed by atoms with E-state index in [1.165, 1.54) is 25.6 Å². The molecule has 26 heavy (non-hydrogen) atoms. The fourth-order valence-corrected chi connectivity index (χ4v) is 3.18. The third kappa shape index (κ3) is 5.93. The first-order valence-corrected chi connectivity index (χ1v) is 9.39. The zero-order valence-electron chi connectivity index (χ0n) is 16.2. The minimum atomic E-state index is -0.644. The number of anilines is 2. The lowest BCUT2D eigenvalue weighted by Crippen LogP contribution is -2.44. The van der Waals surface area contributed by atoms with E-state index >= 15 is 0 Å². The molecule has 2 amide bonds. The highest BCUT2D eigenvalue weighted by atomic mass is 16.5. The van der Waals surface area contributed by atoms with Gasteiger partial charge in [-0.15, -0.1) is 0 Å². The van der Waals surface area contributed by atoms with Gasteiger partial charge in [-0.1, -0.05) is 20.8 Å². The monoisotopic (exact) mass is 361 g/mol. The predicted molar refractivity (Wildman–Crippen MR) is 104 cm³/mol. The van der Waals surface area contributed by atoms with Gasteiger partial charge in [0, 0.05) is 24.5 Å². The summed E-state index contributed by atoms with van der Waals surface area (Å²) in [5, 5.41) is 5.48. The van der Waals surface area contributed by atoms with Crippen molar-refractivity contribution in [1.82, 2.24) is 5.32 Å². The molecule has 1 fully saturated rings. The lowest BCUT2D eigenvalue weighted by Gasteiger charge is -2.32. The normalized spacial score (nSPS) is 16.3. The summed E-state index contributed by atoms with van der Waals surface area (Å²) < 4.78 is 4.77. The van der Waals surface area contributed by atoms with Crippen molar-refractivity contribution in [3.05, 3.63) is 24.3 Å². The Labute approximate surface area is 156 Å². The molecular weight excluding hydrogens is 330 g/mol. The fourth-order valence-electron chi connectivity index (χ4n) is 3.18. The number of urea groups is 1. The molecule has 0 spiro atoms. The highest BCUT2D eigenvalue weighted by Gasteiger charge is 2.22. The van der Waals surface area contributed by atoms with Gasteiger partial charge >= 0.3 is 12.0 Å².